The topological polar surface area (TPSA) is 97.7 Å². The lowest BCUT2D eigenvalue weighted by Gasteiger charge is -2.31. The zero-order valence-corrected chi connectivity index (χ0v) is 24.1. The van der Waals surface area contributed by atoms with Crippen molar-refractivity contribution in [2.24, 2.45) is 0 Å². The summed E-state index contributed by atoms with van der Waals surface area (Å²) >= 11 is 6.42. The molecule has 0 radical (unpaired) electrons. The first-order valence-corrected chi connectivity index (χ1v) is 15.6. The van der Waals surface area contributed by atoms with Crippen molar-refractivity contribution in [3.8, 4) is 0 Å². The van der Waals surface area contributed by atoms with Gasteiger partial charge in [0.05, 0.1) is 10.8 Å². The Morgan fingerprint density at radius 1 is 0.902 bits per heavy atom. The number of rotatable bonds is 9. The van der Waals surface area contributed by atoms with Crippen molar-refractivity contribution in [1.82, 2.24) is 14.2 Å². The van der Waals surface area contributed by atoms with E-state index in [2.05, 4.69) is 16.9 Å². The van der Waals surface area contributed by atoms with Crippen molar-refractivity contribution in [3.05, 3.63) is 107 Å². The summed E-state index contributed by atoms with van der Waals surface area (Å²) < 4.78 is 36.0. The van der Waals surface area contributed by atoms with Crippen molar-refractivity contribution < 1.29 is 22.7 Å². The van der Waals surface area contributed by atoms with E-state index in [1.807, 2.05) is 65.2 Å². The monoisotopic (exact) mass is 593 g/mol. The van der Waals surface area contributed by atoms with E-state index in [0.29, 0.717) is 17.0 Å². The summed E-state index contributed by atoms with van der Waals surface area (Å²) in [6.45, 7) is 1.12. The first kappa shape index (κ1) is 28.7. The first-order valence-electron chi connectivity index (χ1n) is 13.6. The number of piperidine rings is 1. The van der Waals surface area contributed by atoms with Crippen LogP contribution in [0.25, 0.3) is 10.9 Å². The Balaban J connectivity index is 1.23. The Morgan fingerprint density at radius 2 is 1.56 bits per heavy atom. The molecule has 2 heterocycles. The van der Waals surface area contributed by atoms with E-state index in [4.69, 9.17) is 16.3 Å². The molecule has 0 aliphatic carbocycles. The number of carbonyl (C=O) groups excluding carboxylic acids is 2. The first-order chi connectivity index (χ1) is 19.8. The van der Waals surface area contributed by atoms with Gasteiger partial charge >= 0.3 is 6.09 Å². The van der Waals surface area contributed by atoms with Gasteiger partial charge in [0, 0.05) is 30.0 Å². The van der Waals surface area contributed by atoms with Crippen LogP contribution in [0.3, 0.4) is 0 Å². The summed E-state index contributed by atoms with van der Waals surface area (Å²) in [5.74, 6) is -0.693. The molecular weight excluding hydrogens is 562 g/mol. The fourth-order valence-corrected chi connectivity index (χ4v) is 6.77. The number of hydrogen-bond acceptors (Lipinski definition) is 5. The average molecular weight is 594 g/mol. The van der Waals surface area contributed by atoms with Crippen molar-refractivity contribution in [3.63, 3.8) is 0 Å². The van der Waals surface area contributed by atoms with Crippen LogP contribution in [0.4, 0.5) is 4.79 Å². The van der Waals surface area contributed by atoms with Crippen LogP contribution >= 0.6 is 11.6 Å². The number of hydrogen-bond donors (Lipinski definition) is 1. The molecule has 1 aromatic heterocycles. The molecule has 0 saturated carbocycles. The van der Waals surface area contributed by atoms with Gasteiger partial charge in [0.1, 0.15) is 12.3 Å². The van der Waals surface area contributed by atoms with E-state index < -0.39 is 27.3 Å². The van der Waals surface area contributed by atoms with E-state index in [0.717, 1.165) is 23.9 Å². The number of sulfonamides is 1. The molecule has 41 heavy (non-hydrogen) atoms. The predicted molar refractivity (Wildman–Crippen MR) is 159 cm³/mol. The van der Waals surface area contributed by atoms with Gasteiger partial charge in [-0.25, -0.2) is 17.9 Å². The molecular formula is C31H32ClN3O5S. The molecule has 4 aromatic rings. The molecule has 0 spiro atoms. The number of carbonyl (C=O) groups is 2. The van der Waals surface area contributed by atoms with Crippen LogP contribution in [0.1, 0.15) is 40.9 Å². The van der Waals surface area contributed by atoms with Crippen LogP contribution in [-0.4, -0.2) is 48.2 Å². The van der Waals surface area contributed by atoms with Gasteiger partial charge in [-0.05, 0) is 55.0 Å². The molecule has 8 nitrogen and oxygen atoms in total. The smallest absolute Gasteiger partial charge is 0.410 e. The highest BCUT2D eigenvalue weighted by molar-refractivity contribution is 7.90. The molecule has 0 unspecified atom stereocenters. The Morgan fingerprint density at radius 3 is 2.24 bits per heavy atom. The third-order valence-electron chi connectivity index (χ3n) is 7.39. The number of likely N-dealkylation sites (tertiary alicyclic amines) is 1. The van der Waals surface area contributed by atoms with Gasteiger partial charge in [-0.15, -0.1) is 0 Å². The largest absolute Gasteiger partial charge is 0.445 e. The molecule has 1 aliphatic rings. The normalized spacial score (nSPS) is 14.2. The third-order valence-corrected chi connectivity index (χ3v) is 9.54. The molecule has 0 bridgehead atoms. The number of aromatic nitrogens is 1. The summed E-state index contributed by atoms with van der Waals surface area (Å²) in [6.07, 6.45) is 1.49. The minimum atomic E-state index is -3.99. The number of nitrogens with one attached hydrogen (secondary N) is 1. The van der Waals surface area contributed by atoms with E-state index in [-0.39, 0.29) is 38.2 Å². The van der Waals surface area contributed by atoms with Crippen molar-refractivity contribution in [2.75, 3.05) is 13.1 Å². The highest BCUT2D eigenvalue weighted by Gasteiger charge is 2.34. The second-order valence-corrected chi connectivity index (χ2v) is 12.5. The molecule has 1 saturated heterocycles. The lowest BCUT2D eigenvalue weighted by atomic mass is 10.1. The summed E-state index contributed by atoms with van der Waals surface area (Å²) in [5, 5.41) is 0.385. The Labute approximate surface area is 244 Å². The van der Waals surface area contributed by atoms with Crippen LogP contribution in [0, 0.1) is 0 Å². The molecule has 10 heteroatoms. The van der Waals surface area contributed by atoms with Gasteiger partial charge in [-0.1, -0.05) is 78.3 Å². The molecule has 5 rings (SSSR count). The van der Waals surface area contributed by atoms with Gasteiger partial charge in [0.2, 0.25) is 10.0 Å². The van der Waals surface area contributed by atoms with Crippen LogP contribution in [-0.2, 0) is 34.3 Å². The minimum Gasteiger partial charge on any atom is -0.445 e. The SMILES string of the molecule is O=C(NS(=O)(=O)C1CCN(C(=O)OCc2ccccc2)CC1)c1cc2c(Cl)cccc2n1CCCc1ccccc1. The third kappa shape index (κ3) is 6.92. The van der Waals surface area contributed by atoms with Gasteiger partial charge in [0.15, 0.2) is 0 Å². The van der Waals surface area contributed by atoms with Crippen LogP contribution in [0.2, 0.25) is 5.02 Å². The van der Waals surface area contributed by atoms with Gasteiger partial charge in [-0.3, -0.25) is 4.79 Å². The Kier molecular flexibility index (Phi) is 8.95. The lowest BCUT2D eigenvalue weighted by molar-refractivity contribution is 0.0892. The number of benzene rings is 3. The summed E-state index contributed by atoms with van der Waals surface area (Å²) in [6, 6.07) is 26.5. The minimum absolute atomic E-state index is 0.150. The number of fused-ring (bicyclic) bond motifs is 1. The van der Waals surface area contributed by atoms with Crippen molar-refractivity contribution in [1.29, 1.82) is 0 Å². The number of halogens is 1. The number of aryl methyl sites for hydroxylation is 2. The number of amides is 2. The maximum Gasteiger partial charge on any atom is 0.410 e. The van der Waals surface area contributed by atoms with Crippen molar-refractivity contribution >= 4 is 44.5 Å². The fraction of sp³-hybridized carbons (Fsp3) is 0.290. The molecule has 1 aliphatic heterocycles. The molecule has 2 amide bonds. The Bertz CT molecular complexity index is 1620. The van der Waals surface area contributed by atoms with Gasteiger partial charge in [-0.2, -0.15) is 0 Å². The van der Waals surface area contributed by atoms with Crippen LogP contribution in [0.15, 0.2) is 84.9 Å². The molecule has 214 valence electrons. The highest BCUT2D eigenvalue weighted by Crippen LogP contribution is 2.28. The lowest BCUT2D eigenvalue weighted by Crippen LogP contribution is -2.47. The zero-order valence-electron chi connectivity index (χ0n) is 22.5. The zero-order chi connectivity index (χ0) is 28.8. The molecule has 1 fully saturated rings. The second kappa shape index (κ2) is 12.8. The van der Waals surface area contributed by atoms with E-state index in [9.17, 15) is 18.0 Å². The predicted octanol–water partition coefficient (Wildman–Crippen LogP) is 5.79. The van der Waals surface area contributed by atoms with Crippen LogP contribution in [0.5, 0.6) is 0 Å². The highest BCUT2D eigenvalue weighted by atomic mass is 35.5. The number of ether oxygens (including phenoxy) is 1. The number of nitrogens with zero attached hydrogens (tertiary/aromatic N) is 2. The molecule has 3 aromatic carbocycles. The summed E-state index contributed by atoms with van der Waals surface area (Å²) in [5.41, 5.74) is 3.08. The van der Waals surface area contributed by atoms with Gasteiger partial charge < -0.3 is 14.2 Å². The quantitative estimate of drug-likeness (QED) is 0.265. The fourth-order valence-electron chi connectivity index (χ4n) is 5.19. The Hall–Kier alpha value is -3.82. The van der Waals surface area contributed by atoms with E-state index in [1.165, 1.54) is 10.5 Å². The maximum atomic E-state index is 13.4. The van der Waals surface area contributed by atoms with Crippen LogP contribution < -0.4 is 4.72 Å². The maximum absolute atomic E-state index is 13.4. The standard InChI is InChI=1S/C31H32ClN3O5S/c32-27-14-7-15-28-26(27)21-29(35(28)18-8-13-23-9-3-1-4-10-23)30(36)33-41(38,39)25-16-19-34(20-17-25)31(37)40-22-24-11-5-2-6-12-24/h1-7,9-12,14-15,21,25H,8,13,16-20,22H2,(H,33,36). The summed E-state index contributed by atoms with van der Waals surface area (Å²) in [7, 11) is -3.99. The van der Waals surface area contributed by atoms with E-state index >= 15 is 0 Å². The van der Waals surface area contributed by atoms with E-state index in [1.54, 1.807) is 12.1 Å². The summed E-state index contributed by atoms with van der Waals surface area (Å²) in [4.78, 5) is 27.4. The molecule has 1 N–H and O–H groups in total. The average Bonchev–Trinajstić information content (AvgIpc) is 3.37. The van der Waals surface area contributed by atoms with Gasteiger partial charge in [0.25, 0.3) is 5.91 Å². The van der Waals surface area contributed by atoms with Crippen molar-refractivity contribution in [2.45, 2.75) is 44.1 Å². The molecule has 0 atom stereocenters. The second-order valence-electron chi connectivity index (χ2n) is 10.1.